The number of aryl methyl sites for hydroxylation is 1. The number of nitrogens with zero attached hydrogens (tertiary/aromatic N) is 1. The minimum Gasteiger partial charge on any atom is -0.315 e. The van der Waals surface area contributed by atoms with Crippen LogP contribution >= 0.6 is 0 Å². The van der Waals surface area contributed by atoms with Gasteiger partial charge in [-0.15, -0.1) is 0 Å². The van der Waals surface area contributed by atoms with E-state index in [1.807, 2.05) is 6.92 Å². The lowest BCUT2D eigenvalue weighted by molar-refractivity contribution is 0.246. The Morgan fingerprint density at radius 3 is 2.86 bits per heavy atom. The molecule has 2 rings (SSSR count). The molecule has 1 unspecified atom stereocenters. The van der Waals surface area contributed by atoms with Crippen molar-refractivity contribution in [2.45, 2.75) is 44.0 Å². The number of sulfonamides is 1. The van der Waals surface area contributed by atoms with E-state index in [1.54, 1.807) is 11.2 Å². The van der Waals surface area contributed by atoms with Gasteiger partial charge in [0.2, 0.25) is 10.0 Å². The standard InChI is InChI=1S/C15H23FN2O2S/c1-3-17-11-14-6-4-5-9-18(14)21(19,20)15-10-13(16)8-7-12(15)2/h7-8,10,14,17H,3-6,9,11H2,1-2H3. The van der Waals surface area contributed by atoms with Gasteiger partial charge in [0.25, 0.3) is 0 Å². The number of likely N-dealkylation sites (N-methyl/N-ethyl adjacent to an activating group) is 1. The molecule has 1 heterocycles. The predicted molar refractivity (Wildman–Crippen MR) is 81.2 cm³/mol. The lowest BCUT2D eigenvalue weighted by Crippen LogP contribution is -2.48. The lowest BCUT2D eigenvalue weighted by Gasteiger charge is -2.35. The maximum absolute atomic E-state index is 13.4. The molecule has 1 aliphatic heterocycles. The molecular weight excluding hydrogens is 291 g/mol. The Morgan fingerprint density at radius 1 is 1.38 bits per heavy atom. The molecule has 1 aromatic carbocycles. The molecule has 6 heteroatoms. The molecular formula is C15H23FN2O2S. The average molecular weight is 314 g/mol. The van der Waals surface area contributed by atoms with E-state index in [2.05, 4.69) is 5.32 Å². The third-order valence-corrected chi connectivity index (χ3v) is 6.03. The van der Waals surface area contributed by atoms with Gasteiger partial charge in [0.15, 0.2) is 0 Å². The van der Waals surface area contributed by atoms with Crippen molar-refractivity contribution in [3.8, 4) is 0 Å². The third kappa shape index (κ3) is 3.62. The zero-order valence-electron chi connectivity index (χ0n) is 12.6. The normalized spacial score (nSPS) is 20.6. The van der Waals surface area contributed by atoms with Crippen LogP contribution in [-0.2, 0) is 10.0 Å². The highest BCUT2D eigenvalue weighted by molar-refractivity contribution is 7.89. The van der Waals surface area contributed by atoms with E-state index >= 15 is 0 Å². The SMILES string of the molecule is CCNCC1CCCCN1S(=O)(=O)c1cc(F)ccc1C. The Morgan fingerprint density at radius 2 is 2.14 bits per heavy atom. The predicted octanol–water partition coefficient (Wildman–Crippen LogP) is 2.29. The zero-order chi connectivity index (χ0) is 15.5. The van der Waals surface area contributed by atoms with Crippen LogP contribution in [-0.4, -0.2) is 38.4 Å². The van der Waals surface area contributed by atoms with Crippen molar-refractivity contribution in [1.29, 1.82) is 0 Å². The summed E-state index contributed by atoms with van der Waals surface area (Å²) in [7, 11) is -3.64. The first-order chi connectivity index (χ1) is 9.96. The summed E-state index contributed by atoms with van der Waals surface area (Å²) in [6, 6.07) is 3.89. The maximum Gasteiger partial charge on any atom is 0.243 e. The van der Waals surface area contributed by atoms with E-state index in [-0.39, 0.29) is 10.9 Å². The molecule has 1 aliphatic rings. The zero-order valence-corrected chi connectivity index (χ0v) is 13.4. The molecule has 0 aromatic heterocycles. The highest BCUT2D eigenvalue weighted by atomic mass is 32.2. The minimum atomic E-state index is -3.64. The smallest absolute Gasteiger partial charge is 0.243 e. The fraction of sp³-hybridized carbons (Fsp3) is 0.600. The quantitative estimate of drug-likeness (QED) is 0.907. The fourth-order valence-electron chi connectivity index (χ4n) is 2.78. The van der Waals surface area contributed by atoms with Gasteiger partial charge in [-0.2, -0.15) is 4.31 Å². The van der Waals surface area contributed by atoms with E-state index in [9.17, 15) is 12.8 Å². The largest absolute Gasteiger partial charge is 0.315 e. The van der Waals surface area contributed by atoms with E-state index in [0.29, 0.717) is 18.7 Å². The Hall–Kier alpha value is -0.980. The summed E-state index contributed by atoms with van der Waals surface area (Å²) in [4.78, 5) is 0.0888. The molecule has 1 saturated heterocycles. The number of halogens is 1. The van der Waals surface area contributed by atoms with Crippen molar-refractivity contribution in [2.24, 2.45) is 0 Å². The topological polar surface area (TPSA) is 49.4 Å². The summed E-state index contributed by atoms with van der Waals surface area (Å²) in [5, 5.41) is 3.22. The van der Waals surface area contributed by atoms with Crippen molar-refractivity contribution in [1.82, 2.24) is 9.62 Å². The number of piperidine rings is 1. The van der Waals surface area contributed by atoms with Gasteiger partial charge in [0.1, 0.15) is 5.82 Å². The van der Waals surface area contributed by atoms with Crippen LogP contribution in [0.2, 0.25) is 0 Å². The monoisotopic (exact) mass is 314 g/mol. The van der Waals surface area contributed by atoms with Crippen molar-refractivity contribution >= 4 is 10.0 Å². The Balaban J connectivity index is 2.33. The van der Waals surface area contributed by atoms with E-state index in [0.717, 1.165) is 31.9 Å². The highest BCUT2D eigenvalue weighted by Crippen LogP contribution is 2.27. The molecule has 1 aromatic rings. The summed E-state index contributed by atoms with van der Waals surface area (Å²) in [6.45, 7) is 5.66. The lowest BCUT2D eigenvalue weighted by atomic mass is 10.1. The van der Waals surface area contributed by atoms with Crippen molar-refractivity contribution in [3.63, 3.8) is 0 Å². The van der Waals surface area contributed by atoms with Gasteiger partial charge < -0.3 is 5.32 Å². The number of nitrogens with one attached hydrogen (secondary N) is 1. The van der Waals surface area contributed by atoms with Crippen molar-refractivity contribution in [3.05, 3.63) is 29.6 Å². The summed E-state index contributed by atoms with van der Waals surface area (Å²) >= 11 is 0. The highest BCUT2D eigenvalue weighted by Gasteiger charge is 2.34. The molecule has 1 N–H and O–H groups in total. The second kappa shape index (κ2) is 6.85. The molecule has 0 spiro atoms. The fourth-order valence-corrected chi connectivity index (χ4v) is 4.71. The van der Waals surface area contributed by atoms with Crippen LogP contribution in [0.15, 0.2) is 23.1 Å². The van der Waals surface area contributed by atoms with Crippen LogP contribution in [0, 0.1) is 12.7 Å². The third-order valence-electron chi connectivity index (χ3n) is 3.94. The minimum absolute atomic E-state index is 0.0497. The number of benzene rings is 1. The molecule has 4 nitrogen and oxygen atoms in total. The van der Waals surface area contributed by atoms with Crippen LogP contribution in [0.25, 0.3) is 0 Å². The Bertz CT molecular complexity index is 589. The molecule has 0 radical (unpaired) electrons. The van der Waals surface area contributed by atoms with Crippen LogP contribution in [0.1, 0.15) is 31.7 Å². The van der Waals surface area contributed by atoms with Gasteiger partial charge in [-0.05, 0) is 44.0 Å². The summed E-state index contributed by atoms with van der Waals surface area (Å²) in [5.74, 6) is -0.514. The van der Waals surface area contributed by atoms with Crippen LogP contribution in [0.4, 0.5) is 4.39 Å². The van der Waals surface area contributed by atoms with Crippen LogP contribution in [0.5, 0.6) is 0 Å². The summed E-state index contributed by atoms with van der Waals surface area (Å²) in [6.07, 6.45) is 2.74. The number of hydrogen-bond donors (Lipinski definition) is 1. The molecule has 1 fully saturated rings. The van der Waals surface area contributed by atoms with E-state index in [1.165, 1.54) is 12.1 Å². The number of rotatable bonds is 5. The molecule has 1 atom stereocenters. The first-order valence-electron chi connectivity index (χ1n) is 7.45. The molecule has 0 saturated carbocycles. The first-order valence-corrected chi connectivity index (χ1v) is 8.89. The van der Waals surface area contributed by atoms with Crippen molar-refractivity contribution in [2.75, 3.05) is 19.6 Å². The Labute approximate surface area is 126 Å². The Kier molecular flexibility index (Phi) is 5.35. The summed E-state index contributed by atoms with van der Waals surface area (Å²) in [5.41, 5.74) is 0.587. The molecule has 0 aliphatic carbocycles. The van der Waals surface area contributed by atoms with Gasteiger partial charge in [0, 0.05) is 19.1 Å². The van der Waals surface area contributed by atoms with Gasteiger partial charge in [-0.1, -0.05) is 19.4 Å². The molecule has 118 valence electrons. The van der Waals surface area contributed by atoms with Crippen LogP contribution in [0.3, 0.4) is 0 Å². The van der Waals surface area contributed by atoms with E-state index in [4.69, 9.17) is 0 Å². The average Bonchev–Trinajstić information content (AvgIpc) is 2.47. The maximum atomic E-state index is 13.4. The van der Waals surface area contributed by atoms with Gasteiger partial charge in [-0.25, -0.2) is 12.8 Å². The molecule has 21 heavy (non-hydrogen) atoms. The molecule has 0 bridgehead atoms. The van der Waals surface area contributed by atoms with Crippen molar-refractivity contribution < 1.29 is 12.8 Å². The molecule has 0 amide bonds. The second-order valence-corrected chi connectivity index (χ2v) is 7.34. The van der Waals surface area contributed by atoms with Gasteiger partial charge in [0.05, 0.1) is 4.90 Å². The number of hydrogen-bond acceptors (Lipinski definition) is 3. The van der Waals surface area contributed by atoms with Gasteiger partial charge in [-0.3, -0.25) is 0 Å². The first kappa shape index (κ1) is 16.4. The summed E-state index contributed by atoms with van der Waals surface area (Å²) < 4.78 is 40.7. The van der Waals surface area contributed by atoms with E-state index < -0.39 is 15.8 Å². The van der Waals surface area contributed by atoms with Gasteiger partial charge >= 0.3 is 0 Å². The van der Waals surface area contributed by atoms with Crippen LogP contribution < -0.4 is 5.32 Å². The second-order valence-electron chi connectivity index (χ2n) is 5.48.